The average Bonchev–Trinajstić information content (AvgIpc) is 2.82. The summed E-state index contributed by atoms with van der Waals surface area (Å²) in [6.45, 7) is 0.764. The van der Waals surface area contributed by atoms with Gasteiger partial charge >= 0.3 is 0 Å². The molecule has 2 aliphatic rings. The average molecular weight is 297 g/mol. The molecule has 0 bridgehead atoms. The predicted molar refractivity (Wildman–Crippen MR) is 79.8 cm³/mol. The third kappa shape index (κ3) is 2.42. The fourth-order valence-electron chi connectivity index (χ4n) is 2.82. The lowest BCUT2D eigenvalue weighted by Crippen LogP contribution is -2.52. The van der Waals surface area contributed by atoms with Crippen molar-refractivity contribution in [3.8, 4) is 12.3 Å². The number of nitrogens with one attached hydrogen (secondary N) is 2. The van der Waals surface area contributed by atoms with Crippen molar-refractivity contribution >= 4 is 23.4 Å². The molecule has 112 valence electrons. The number of fused-ring (bicyclic) bond motifs is 1. The second-order valence-electron chi connectivity index (χ2n) is 5.33. The number of hydrogen-bond donors (Lipinski definition) is 2. The standard InChI is InChI=1S/C16H15N3O3/c1-2-7-17-11-4-3-10-9-19(16(22)12(10)8-11)13-5-6-14(20)18-15(13)21/h1,3-4,8,13,17H,5-7,9H2,(H,18,20,21). The van der Waals surface area contributed by atoms with E-state index in [0.717, 1.165) is 11.3 Å². The van der Waals surface area contributed by atoms with Gasteiger partial charge in [-0.3, -0.25) is 19.7 Å². The van der Waals surface area contributed by atoms with Crippen molar-refractivity contribution in [1.29, 1.82) is 0 Å². The van der Waals surface area contributed by atoms with Gasteiger partial charge in [-0.05, 0) is 24.1 Å². The molecule has 2 N–H and O–H groups in total. The molecule has 1 aromatic carbocycles. The lowest BCUT2D eigenvalue weighted by molar-refractivity contribution is -0.136. The quantitative estimate of drug-likeness (QED) is 0.629. The van der Waals surface area contributed by atoms with Crippen LogP contribution in [0.25, 0.3) is 0 Å². The Morgan fingerprint density at radius 2 is 2.18 bits per heavy atom. The summed E-state index contributed by atoms with van der Waals surface area (Å²) in [5.74, 6) is 1.60. The van der Waals surface area contributed by atoms with Crippen molar-refractivity contribution in [2.24, 2.45) is 0 Å². The minimum Gasteiger partial charge on any atom is -0.374 e. The van der Waals surface area contributed by atoms with Crippen LogP contribution in [0.5, 0.6) is 0 Å². The predicted octanol–water partition coefficient (Wildman–Crippen LogP) is 0.493. The van der Waals surface area contributed by atoms with Gasteiger partial charge < -0.3 is 10.2 Å². The summed E-state index contributed by atoms with van der Waals surface area (Å²) in [7, 11) is 0. The lowest BCUT2D eigenvalue weighted by Gasteiger charge is -2.29. The van der Waals surface area contributed by atoms with Crippen LogP contribution in [0.4, 0.5) is 5.69 Å². The molecule has 22 heavy (non-hydrogen) atoms. The van der Waals surface area contributed by atoms with E-state index in [1.54, 1.807) is 6.07 Å². The Kier molecular flexibility index (Phi) is 3.55. The highest BCUT2D eigenvalue weighted by molar-refractivity contribution is 6.05. The summed E-state index contributed by atoms with van der Waals surface area (Å²) in [6.07, 6.45) is 5.83. The number of hydrogen-bond acceptors (Lipinski definition) is 4. The monoisotopic (exact) mass is 297 g/mol. The van der Waals surface area contributed by atoms with E-state index in [-0.39, 0.29) is 18.2 Å². The van der Waals surface area contributed by atoms with E-state index in [0.29, 0.717) is 25.1 Å². The molecule has 6 nitrogen and oxygen atoms in total. The van der Waals surface area contributed by atoms with Gasteiger partial charge in [0.15, 0.2) is 0 Å². The molecule has 2 aliphatic heterocycles. The normalized spacial score (nSPS) is 20.4. The largest absolute Gasteiger partial charge is 0.374 e. The van der Waals surface area contributed by atoms with E-state index < -0.39 is 11.9 Å². The number of nitrogens with zero attached hydrogens (tertiary/aromatic N) is 1. The third-order valence-corrected chi connectivity index (χ3v) is 3.92. The molecule has 1 atom stereocenters. The Hall–Kier alpha value is -2.81. The summed E-state index contributed by atoms with van der Waals surface area (Å²) in [4.78, 5) is 37.2. The lowest BCUT2D eigenvalue weighted by atomic mass is 10.0. The maximum Gasteiger partial charge on any atom is 0.255 e. The number of carbonyl (C=O) groups excluding carboxylic acids is 3. The Labute approximate surface area is 127 Å². The number of benzene rings is 1. The van der Waals surface area contributed by atoms with Crippen LogP contribution in [0.3, 0.4) is 0 Å². The maximum absolute atomic E-state index is 12.5. The van der Waals surface area contributed by atoms with Crippen LogP contribution in [0, 0.1) is 12.3 Å². The first-order valence-corrected chi connectivity index (χ1v) is 7.05. The van der Waals surface area contributed by atoms with E-state index in [4.69, 9.17) is 6.42 Å². The van der Waals surface area contributed by atoms with Crippen molar-refractivity contribution in [3.05, 3.63) is 29.3 Å². The van der Waals surface area contributed by atoms with Crippen LogP contribution in [0.1, 0.15) is 28.8 Å². The highest BCUT2D eigenvalue weighted by Gasteiger charge is 2.39. The first-order chi connectivity index (χ1) is 10.6. The number of piperidine rings is 1. The van der Waals surface area contributed by atoms with Crippen LogP contribution in [0.15, 0.2) is 18.2 Å². The van der Waals surface area contributed by atoms with Crippen molar-refractivity contribution in [2.75, 3.05) is 11.9 Å². The van der Waals surface area contributed by atoms with Gasteiger partial charge in [-0.25, -0.2) is 0 Å². The molecule has 1 saturated heterocycles. The minimum atomic E-state index is -0.584. The number of carbonyl (C=O) groups is 3. The summed E-state index contributed by atoms with van der Waals surface area (Å²) >= 11 is 0. The Balaban J connectivity index is 1.81. The van der Waals surface area contributed by atoms with Gasteiger partial charge in [0.2, 0.25) is 11.8 Å². The van der Waals surface area contributed by atoms with E-state index in [1.807, 2.05) is 12.1 Å². The zero-order valence-corrected chi connectivity index (χ0v) is 11.9. The molecule has 0 radical (unpaired) electrons. The topological polar surface area (TPSA) is 78.5 Å². The highest BCUT2D eigenvalue weighted by atomic mass is 16.2. The van der Waals surface area contributed by atoms with Crippen LogP contribution >= 0.6 is 0 Å². The van der Waals surface area contributed by atoms with E-state index >= 15 is 0 Å². The van der Waals surface area contributed by atoms with Crippen molar-refractivity contribution in [3.63, 3.8) is 0 Å². The van der Waals surface area contributed by atoms with Crippen molar-refractivity contribution in [2.45, 2.75) is 25.4 Å². The minimum absolute atomic E-state index is 0.186. The Morgan fingerprint density at radius 3 is 2.91 bits per heavy atom. The zero-order chi connectivity index (χ0) is 15.7. The van der Waals surface area contributed by atoms with Gasteiger partial charge in [0.05, 0.1) is 6.54 Å². The molecule has 3 rings (SSSR count). The van der Waals surface area contributed by atoms with Gasteiger partial charge in [-0.1, -0.05) is 12.0 Å². The van der Waals surface area contributed by atoms with Gasteiger partial charge in [-0.2, -0.15) is 0 Å². The molecular formula is C16H15N3O3. The Bertz CT molecular complexity index is 705. The summed E-state index contributed by atoms with van der Waals surface area (Å²) in [5, 5.41) is 5.31. The first-order valence-electron chi connectivity index (χ1n) is 7.05. The number of terminal acetylenes is 1. The second kappa shape index (κ2) is 5.53. The third-order valence-electron chi connectivity index (χ3n) is 3.92. The summed E-state index contributed by atoms with van der Waals surface area (Å²) in [6, 6.07) is 4.88. The number of rotatable bonds is 3. The molecular weight excluding hydrogens is 282 g/mol. The zero-order valence-electron chi connectivity index (χ0n) is 11.9. The van der Waals surface area contributed by atoms with E-state index in [9.17, 15) is 14.4 Å². The number of anilines is 1. The SMILES string of the molecule is C#CCNc1ccc2c(c1)C(=O)N(C1CCC(=O)NC1=O)C2. The van der Waals surface area contributed by atoms with Gasteiger partial charge in [0, 0.05) is 24.2 Å². The van der Waals surface area contributed by atoms with Gasteiger partial charge in [-0.15, -0.1) is 6.42 Å². The molecule has 2 heterocycles. The van der Waals surface area contributed by atoms with Crippen molar-refractivity contribution < 1.29 is 14.4 Å². The van der Waals surface area contributed by atoms with E-state index in [1.165, 1.54) is 4.90 Å². The molecule has 1 fully saturated rings. The fourth-order valence-corrected chi connectivity index (χ4v) is 2.82. The Morgan fingerprint density at radius 1 is 1.36 bits per heavy atom. The molecule has 3 amide bonds. The summed E-state index contributed by atoms with van der Waals surface area (Å²) < 4.78 is 0. The van der Waals surface area contributed by atoms with Crippen LogP contribution in [-0.4, -0.2) is 35.2 Å². The van der Waals surface area contributed by atoms with E-state index in [2.05, 4.69) is 16.6 Å². The van der Waals surface area contributed by atoms with Crippen molar-refractivity contribution in [1.82, 2.24) is 10.2 Å². The van der Waals surface area contributed by atoms with Crippen LogP contribution in [-0.2, 0) is 16.1 Å². The summed E-state index contributed by atoms with van der Waals surface area (Å²) in [5.41, 5.74) is 2.22. The first kappa shape index (κ1) is 14.1. The molecule has 0 aromatic heterocycles. The molecule has 0 aliphatic carbocycles. The van der Waals surface area contributed by atoms with Gasteiger partial charge in [0.25, 0.3) is 5.91 Å². The second-order valence-corrected chi connectivity index (χ2v) is 5.33. The smallest absolute Gasteiger partial charge is 0.255 e. The molecule has 0 saturated carbocycles. The number of imide groups is 1. The van der Waals surface area contributed by atoms with Crippen LogP contribution < -0.4 is 10.6 Å². The molecule has 0 spiro atoms. The maximum atomic E-state index is 12.5. The van der Waals surface area contributed by atoms with Crippen LogP contribution in [0.2, 0.25) is 0 Å². The number of amides is 3. The fraction of sp³-hybridized carbons (Fsp3) is 0.312. The van der Waals surface area contributed by atoms with Gasteiger partial charge in [0.1, 0.15) is 6.04 Å². The molecule has 6 heteroatoms. The molecule has 1 unspecified atom stereocenters. The highest BCUT2D eigenvalue weighted by Crippen LogP contribution is 2.29. The molecule has 1 aromatic rings.